The van der Waals surface area contributed by atoms with E-state index >= 15 is 0 Å². The van der Waals surface area contributed by atoms with Gasteiger partial charge >= 0.3 is 6.03 Å². The first-order chi connectivity index (χ1) is 13.8. The third-order valence-corrected chi connectivity index (χ3v) is 6.32. The summed E-state index contributed by atoms with van der Waals surface area (Å²) in [6.07, 6.45) is 3.18. The van der Waals surface area contributed by atoms with E-state index < -0.39 is 8.07 Å². The maximum Gasteiger partial charge on any atom is 0.329 e. The number of pyridine rings is 2. The lowest BCUT2D eigenvalue weighted by molar-refractivity contribution is 0.0954. The molecule has 1 saturated heterocycles. The zero-order valence-electron chi connectivity index (χ0n) is 17.0. The number of aromatic nitrogens is 2. The lowest BCUT2D eigenvalue weighted by Crippen LogP contribution is -2.48. The molecule has 1 atom stereocenters. The number of nitrogens with zero attached hydrogens (tertiary/aromatic N) is 4. The number of nitrogens with one attached hydrogen (secondary N) is 2. The molecule has 152 valence electrons. The zero-order chi connectivity index (χ0) is 20.6. The largest absolute Gasteiger partial charge is 0.366 e. The summed E-state index contributed by atoms with van der Waals surface area (Å²) in [4.78, 5) is 38.4. The van der Waals surface area contributed by atoms with E-state index in [1.807, 2.05) is 12.1 Å². The van der Waals surface area contributed by atoms with E-state index in [2.05, 4.69) is 45.1 Å². The van der Waals surface area contributed by atoms with Crippen LogP contribution in [0.3, 0.4) is 0 Å². The highest BCUT2D eigenvalue weighted by molar-refractivity contribution is 6.76. The lowest BCUT2D eigenvalue weighted by Gasteiger charge is -2.35. The minimum absolute atomic E-state index is 0.0269. The van der Waals surface area contributed by atoms with Crippen molar-refractivity contribution in [1.29, 1.82) is 0 Å². The Morgan fingerprint density at radius 3 is 2.76 bits per heavy atom. The maximum atomic E-state index is 13.1. The molecule has 0 radical (unpaired) electrons. The molecule has 3 amide bonds. The van der Waals surface area contributed by atoms with Crippen LogP contribution in [0.5, 0.6) is 0 Å². The number of hydrogen-bond acceptors (Lipinski definition) is 5. The zero-order valence-corrected chi connectivity index (χ0v) is 18.0. The molecule has 4 heterocycles. The standard InChI is InChI=1S/C20H26N6O2Si/c1-29(2,3)13-22-19(27)15-7-8-16-18(23-15)26(14-9-11-25(16)12-14)20(28)24-17-6-4-5-10-21-17/h4-8,10,14H,9,11-13H2,1-3H3,(H,22,27)(H,21,24,28)/t14-/m0/s1. The quantitative estimate of drug-likeness (QED) is 0.757. The first kappa shape index (κ1) is 19.4. The van der Waals surface area contributed by atoms with Crippen LogP contribution < -0.4 is 20.4 Å². The molecule has 2 aromatic heterocycles. The highest BCUT2D eigenvalue weighted by atomic mass is 28.3. The van der Waals surface area contributed by atoms with Crippen molar-refractivity contribution in [2.24, 2.45) is 0 Å². The van der Waals surface area contributed by atoms with Crippen molar-refractivity contribution in [3.8, 4) is 0 Å². The Kier molecular flexibility index (Phi) is 4.99. The third-order valence-electron chi connectivity index (χ3n) is 5.08. The molecular weight excluding hydrogens is 384 g/mol. The van der Waals surface area contributed by atoms with Gasteiger partial charge in [0.25, 0.3) is 5.91 Å². The molecular formula is C20H26N6O2Si. The number of carbonyl (C=O) groups is 2. The number of urea groups is 1. The number of fused-ring (bicyclic) bond motifs is 4. The van der Waals surface area contributed by atoms with Gasteiger partial charge in [0.05, 0.1) is 19.8 Å². The van der Waals surface area contributed by atoms with Crippen LogP contribution in [0.4, 0.5) is 22.1 Å². The Bertz CT molecular complexity index is 930. The molecule has 29 heavy (non-hydrogen) atoms. The molecule has 8 nitrogen and oxygen atoms in total. The van der Waals surface area contributed by atoms with Crippen LogP contribution in [0.2, 0.25) is 19.6 Å². The predicted molar refractivity (Wildman–Crippen MR) is 116 cm³/mol. The molecule has 0 saturated carbocycles. The van der Waals surface area contributed by atoms with Gasteiger partial charge in [-0.1, -0.05) is 25.7 Å². The van der Waals surface area contributed by atoms with E-state index in [4.69, 9.17) is 0 Å². The monoisotopic (exact) mass is 410 g/mol. The van der Waals surface area contributed by atoms with E-state index in [1.54, 1.807) is 29.3 Å². The minimum atomic E-state index is -1.42. The molecule has 2 aliphatic heterocycles. The van der Waals surface area contributed by atoms with Gasteiger partial charge in [0.15, 0.2) is 5.82 Å². The first-order valence-electron chi connectivity index (χ1n) is 9.87. The van der Waals surface area contributed by atoms with Gasteiger partial charge in [-0.2, -0.15) is 0 Å². The summed E-state index contributed by atoms with van der Waals surface area (Å²) >= 11 is 0. The van der Waals surface area contributed by atoms with Gasteiger partial charge in [0.1, 0.15) is 11.5 Å². The highest BCUT2D eigenvalue weighted by Crippen LogP contribution is 2.39. The van der Waals surface area contributed by atoms with Crippen molar-refractivity contribution in [2.75, 3.05) is 34.4 Å². The van der Waals surface area contributed by atoms with Crippen molar-refractivity contribution in [1.82, 2.24) is 15.3 Å². The van der Waals surface area contributed by atoms with Crippen molar-refractivity contribution >= 4 is 37.3 Å². The number of anilines is 3. The van der Waals surface area contributed by atoms with Crippen molar-refractivity contribution in [3.05, 3.63) is 42.2 Å². The molecule has 0 aromatic carbocycles. The maximum absolute atomic E-state index is 13.1. The second-order valence-corrected chi connectivity index (χ2v) is 14.2. The van der Waals surface area contributed by atoms with E-state index in [1.165, 1.54) is 0 Å². The molecule has 0 spiro atoms. The molecule has 2 aliphatic rings. The molecule has 0 unspecified atom stereocenters. The molecule has 0 aliphatic carbocycles. The van der Waals surface area contributed by atoms with Gasteiger partial charge in [-0.25, -0.2) is 14.8 Å². The van der Waals surface area contributed by atoms with Crippen LogP contribution in [-0.4, -0.2) is 55.3 Å². The third kappa shape index (κ3) is 4.09. The number of carbonyl (C=O) groups excluding carboxylic acids is 2. The fraction of sp³-hybridized carbons (Fsp3) is 0.400. The summed E-state index contributed by atoms with van der Waals surface area (Å²) in [7, 11) is -1.42. The van der Waals surface area contributed by atoms with Gasteiger partial charge < -0.3 is 10.2 Å². The molecule has 4 rings (SSSR count). The number of amides is 3. The second-order valence-electron chi connectivity index (χ2n) is 8.69. The van der Waals surface area contributed by atoms with E-state index in [0.29, 0.717) is 23.5 Å². The Labute approximate surface area is 171 Å². The van der Waals surface area contributed by atoms with E-state index in [9.17, 15) is 9.59 Å². The summed E-state index contributed by atoms with van der Waals surface area (Å²) in [5.74, 6) is 0.824. The van der Waals surface area contributed by atoms with E-state index in [-0.39, 0.29) is 18.0 Å². The summed E-state index contributed by atoms with van der Waals surface area (Å²) in [6.45, 7) is 8.23. The Hall–Kier alpha value is -2.94. The summed E-state index contributed by atoms with van der Waals surface area (Å²) in [6, 6.07) is 8.76. The van der Waals surface area contributed by atoms with Crippen molar-refractivity contribution in [3.63, 3.8) is 0 Å². The van der Waals surface area contributed by atoms with Crippen LogP contribution >= 0.6 is 0 Å². The number of rotatable bonds is 4. The molecule has 1 fully saturated rings. The van der Waals surface area contributed by atoms with Crippen LogP contribution in [0.15, 0.2) is 36.5 Å². The fourth-order valence-electron chi connectivity index (χ4n) is 3.64. The van der Waals surface area contributed by atoms with Gasteiger partial charge in [-0.15, -0.1) is 0 Å². The SMILES string of the molecule is C[Si](C)(C)CNC(=O)c1ccc2c(n1)N(C(=O)Nc1ccccn1)[C@H]1CCN2C1. The average molecular weight is 411 g/mol. The van der Waals surface area contributed by atoms with E-state index in [0.717, 1.165) is 25.2 Å². The van der Waals surface area contributed by atoms with Crippen LogP contribution in [0.1, 0.15) is 16.9 Å². The van der Waals surface area contributed by atoms with Crippen molar-refractivity contribution in [2.45, 2.75) is 32.1 Å². The van der Waals surface area contributed by atoms with Gasteiger partial charge in [-0.3, -0.25) is 15.0 Å². The fourth-order valence-corrected chi connectivity index (χ4v) is 4.33. The van der Waals surface area contributed by atoms with Crippen molar-refractivity contribution < 1.29 is 9.59 Å². The van der Waals surface area contributed by atoms with Crippen LogP contribution in [0, 0.1) is 0 Å². The Morgan fingerprint density at radius 1 is 1.21 bits per heavy atom. The van der Waals surface area contributed by atoms with Gasteiger partial charge in [-0.05, 0) is 30.7 Å². The predicted octanol–water partition coefficient (Wildman–Crippen LogP) is 2.71. The average Bonchev–Trinajstić information content (AvgIpc) is 3.10. The summed E-state index contributed by atoms with van der Waals surface area (Å²) in [5.41, 5.74) is 1.22. The minimum Gasteiger partial charge on any atom is -0.366 e. The normalized spacial score (nSPS) is 17.7. The van der Waals surface area contributed by atoms with Gasteiger partial charge in [0, 0.05) is 25.5 Å². The first-order valence-corrected chi connectivity index (χ1v) is 13.6. The highest BCUT2D eigenvalue weighted by Gasteiger charge is 2.40. The molecule has 9 heteroatoms. The summed E-state index contributed by atoms with van der Waals surface area (Å²) in [5, 5.41) is 5.84. The number of hydrogen-bond donors (Lipinski definition) is 2. The topological polar surface area (TPSA) is 90.5 Å². The molecule has 2 aromatic rings. The smallest absolute Gasteiger partial charge is 0.329 e. The van der Waals surface area contributed by atoms with Crippen LogP contribution in [0.25, 0.3) is 0 Å². The lowest BCUT2D eigenvalue weighted by atomic mass is 10.1. The van der Waals surface area contributed by atoms with Crippen LogP contribution in [-0.2, 0) is 0 Å². The second kappa shape index (κ2) is 7.47. The summed E-state index contributed by atoms with van der Waals surface area (Å²) < 4.78 is 0. The molecule has 2 bridgehead atoms. The molecule has 2 N–H and O–H groups in total. The van der Waals surface area contributed by atoms with Gasteiger partial charge in [0.2, 0.25) is 0 Å². The Morgan fingerprint density at radius 2 is 2.03 bits per heavy atom. The Balaban J connectivity index is 1.62.